The fourth-order valence-corrected chi connectivity index (χ4v) is 3.21. The Bertz CT molecular complexity index is 439. The molecule has 2 heterocycles. The molecule has 1 N–H and O–H groups in total. The number of amides is 1. The first-order valence-corrected chi connectivity index (χ1v) is 7.55. The lowest BCUT2D eigenvalue weighted by Crippen LogP contribution is -2.49. The molecule has 1 aromatic heterocycles. The Morgan fingerprint density at radius 2 is 2.16 bits per heavy atom. The van der Waals surface area contributed by atoms with Crippen LogP contribution in [0.1, 0.15) is 22.2 Å². The van der Waals surface area contributed by atoms with E-state index in [1.807, 2.05) is 11.8 Å². The van der Waals surface area contributed by atoms with Crippen molar-refractivity contribution in [3.63, 3.8) is 0 Å². The number of ether oxygens (including phenoxy) is 1. The van der Waals surface area contributed by atoms with Crippen molar-refractivity contribution in [1.29, 1.82) is 0 Å². The van der Waals surface area contributed by atoms with E-state index in [9.17, 15) is 4.79 Å². The number of thiophene rings is 1. The van der Waals surface area contributed by atoms with Gasteiger partial charge >= 0.3 is 0 Å². The highest BCUT2D eigenvalue weighted by atomic mass is 32.1. The predicted octanol–water partition coefficient (Wildman–Crippen LogP) is 1.70. The summed E-state index contributed by atoms with van der Waals surface area (Å²) in [5.74, 6) is 0.174. The zero-order valence-electron chi connectivity index (χ0n) is 11.9. The van der Waals surface area contributed by atoms with Crippen molar-refractivity contribution in [3.8, 4) is 0 Å². The van der Waals surface area contributed by atoms with Gasteiger partial charge in [-0.15, -0.1) is 11.3 Å². The van der Waals surface area contributed by atoms with E-state index in [1.54, 1.807) is 11.3 Å². The minimum Gasteiger partial charge on any atom is -0.378 e. The molecule has 1 aliphatic heterocycles. The van der Waals surface area contributed by atoms with Crippen LogP contribution in [-0.2, 0) is 16.1 Å². The quantitative estimate of drug-likeness (QED) is 0.914. The van der Waals surface area contributed by atoms with Gasteiger partial charge in [-0.25, -0.2) is 0 Å². The second-order valence-corrected chi connectivity index (χ2v) is 6.44. The molecule has 1 aliphatic rings. The summed E-state index contributed by atoms with van der Waals surface area (Å²) in [5.41, 5.74) is 1.30. The number of morpholine rings is 1. The SMILES string of the molecule is Cc1cc(CNC(C)C(=O)N2CCOCC2)c(C)s1. The van der Waals surface area contributed by atoms with Gasteiger partial charge in [-0.1, -0.05) is 0 Å². The van der Waals surface area contributed by atoms with Gasteiger partial charge in [-0.2, -0.15) is 0 Å². The van der Waals surface area contributed by atoms with Crippen LogP contribution < -0.4 is 5.32 Å². The molecular formula is C14H22N2O2S. The molecule has 0 aromatic carbocycles. The molecule has 2 rings (SSSR count). The van der Waals surface area contributed by atoms with Crippen LogP contribution in [0.15, 0.2) is 6.07 Å². The van der Waals surface area contributed by atoms with Gasteiger partial charge in [0.25, 0.3) is 0 Å². The third-order valence-corrected chi connectivity index (χ3v) is 4.44. The summed E-state index contributed by atoms with van der Waals surface area (Å²) in [6.45, 7) is 9.66. The lowest BCUT2D eigenvalue weighted by Gasteiger charge is -2.29. The largest absolute Gasteiger partial charge is 0.378 e. The molecule has 1 atom stereocenters. The van der Waals surface area contributed by atoms with Crippen LogP contribution in [0, 0.1) is 13.8 Å². The normalized spacial score (nSPS) is 17.5. The Kier molecular flexibility index (Phi) is 4.96. The lowest BCUT2D eigenvalue weighted by atomic mass is 10.2. The molecule has 1 saturated heterocycles. The van der Waals surface area contributed by atoms with E-state index in [0.717, 1.165) is 6.54 Å². The number of carbonyl (C=O) groups is 1. The molecule has 1 unspecified atom stereocenters. The Morgan fingerprint density at radius 3 is 2.74 bits per heavy atom. The summed E-state index contributed by atoms with van der Waals surface area (Å²) in [7, 11) is 0. The standard InChI is InChI=1S/C14H22N2O2S/c1-10-8-13(12(3)19-10)9-15-11(2)14(17)16-4-6-18-7-5-16/h8,11,15H,4-7,9H2,1-3H3. The van der Waals surface area contributed by atoms with Crippen molar-refractivity contribution in [2.45, 2.75) is 33.4 Å². The average molecular weight is 282 g/mol. The van der Waals surface area contributed by atoms with Gasteiger partial charge in [0.1, 0.15) is 0 Å². The maximum absolute atomic E-state index is 12.2. The van der Waals surface area contributed by atoms with Gasteiger partial charge in [-0.3, -0.25) is 4.79 Å². The lowest BCUT2D eigenvalue weighted by molar-refractivity contribution is -0.137. The topological polar surface area (TPSA) is 41.6 Å². The maximum atomic E-state index is 12.2. The number of aryl methyl sites for hydroxylation is 2. The van der Waals surface area contributed by atoms with Gasteiger partial charge in [-0.05, 0) is 32.4 Å². The molecule has 0 spiro atoms. The van der Waals surface area contributed by atoms with E-state index >= 15 is 0 Å². The number of nitrogens with zero attached hydrogens (tertiary/aromatic N) is 1. The van der Waals surface area contributed by atoms with E-state index in [2.05, 4.69) is 25.2 Å². The predicted molar refractivity (Wildman–Crippen MR) is 77.5 cm³/mol. The molecule has 0 saturated carbocycles. The van der Waals surface area contributed by atoms with E-state index < -0.39 is 0 Å². The number of hydrogen-bond donors (Lipinski definition) is 1. The Labute approximate surface area is 118 Å². The van der Waals surface area contributed by atoms with Gasteiger partial charge in [0.2, 0.25) is 5.91 Å². The van der Waals surface area contributed by atoms with E-state index in [0.29, 0.717) is 26.3 Å². The van der Waals surface area contributed by atoms with E-state index in [-0.39, 0.29) is 11.9 Å². The molecule has 19 heavy (non-hydrogen) atoms. The van der Waals surface area contributed by atoms with E-state index in [1.165, 1.54) is 15.3 Å². The van der Waals surface area contributed by atoms with Gasteiger partial charge < -0.3 is 15.0 Å². The van der Waals surface area contributed by atoms with Gasteiger partial charge in [0, 0.05) is 29.4 Å². The number of carbonyl (C=O) groups excluding carboxylic acids is 1. The molecule has 1 aromatic rings. The molecule has 0 aliphatic carbocycles. The second-order valence-electron chi connectivity index (χ2n) is 4.98. The van der Waals surface area contributed by atoms with Crippen molar-refractivity contribution < 1.29 is 9.53 Å². The van der Waals surface area contributed by atoms with Crippen molar-refractivity contribution >= 4 is 17.2 Å². The van der Waals surface area contributed by atoms with Crippen LogP contribution >= 0.6 is 11.3 Å². The summed E-state index contributed by atoms with van der Waals surface area (Å²) >= 11 is 1.81. The molecule has 106 valence electrons. The Hall–Kier alpha value is -0.910. The van der Waals surface area contributed by atoms with E-state index in [4.69, 9.17) is 4.74 Å². The summed E-state index contributed by atoms with van der Waals surface area (Å²) in [5, 5.41) is 3.32. The van der Waals surface area contributed by atoms with Crippen LogP contribution in [0.5, 0.6) is 0 Å². The summed E-state index contributed by atoms with van der Waals surface area (Å²) in [6, 6.07) is 2.05. The highest BCUT2D eigenvalue weighted by Crippen LogP contribution is 2.20. The van der Waals surface area contributed by atoms with Gasteiger partial charge in [0.15, 0.2) is 0 Å². The fraction of sp³-hybridized carbons (Fsp3) is 0.643. The molecule has 1 fully saturated rings. The zero-order valence-corrected chi connectivity index (χ0v) is 12.7. The average Bonchev–Trinajstić information content (AvgIpc) is 2.74. The first-order chi connectivity index (χ1) is 9.08. The van der Waals surface area contributed by atoms with Crippen LogP contribution in [0.3, 0.4) is 0 Å². The summed E-state index contributed by atoms with van der Waals surface area (Å²) < 4.78 is 5.26. The third kappa shape index (κ3) is 3.78. The molecule has 1 amide bonds. The molecule has 0 bridgehead atoms. The monoisotopic (exact) mass is 282 g/mol. The van der Waals surface area contributed by atoms with Crippen LogP contribution in [0.25, 0.3) is 0 Å². The molecular weight excluding hydrogens is 260 g/mol. The Balaban J connectivity index is 1.84. The number of rotatable bonds is 4. The number of hydrogen-bond acceptors (Lipinski definition) is 4. The van der Waals surface area contributed by atoms with Crippen molar-refractivity contribution in [1.82, 2.24) is 10.2 Å². The summed E-state index contributed by atoms with van der Waals surface area (Å²) in [6.07, 6.45) is 0. The number of nitrogens with one attached hydrogen (secondary N) is 1. The van der Waals surface area contributed by atoms with Gasteiger partial charge in [0.05, 0.1) is 19.3 Å². The molecule has 5 heteroatoms. The van der Waals surface area contributed by atoms with Crippen LogP contribution in [0.2, 0.25) is 0 Å². The fourth-order valence-electron chi connectivity index (χ4n) is 2.27. The first-order valence-electron chi connectivity index (χ1n) is 6.73. The van der Waals surface area contributed by atoms with Crippen LogP contribution in [0.4, 0.5) is 0 Å². The highest BCUT2D eigenvalue weighted by molar-refractivity contribution is 7.12. The smallest absolute Gasteiger partial charge is 0.239 e. The maximum Gasteiger partial charge on any atom is 0.239 e. The second kappa shape index (κ2) is 6.50. The first kappa shape index (κ1) is 14.5. The molecule has 4 nitrogen and oxygen atoms in total. The minimum absolute atomic E-state index is 0.141. The van der Waals surface area contributed by atoms with Crippen LogP contribution in [-0.4, -0.2) is 43.2 Å². The minimum atomic E-state index is -0.141. The summed E-state index contributed by atoms with van der Waals surface area (Å²) in [4.78, 5) is 16.8. The van der Waals surface area contributed by atoms with Crippen molar-refractivity contribution in [2.75, 3.05) is 26.3 Å². The molecule has 0 radical (unpaired) electrons. The Morgan fingerprint density at radius 1 is 1.47 bits per heavy atom. The third-order valence-electron chi connectivity index (χ3n) is 3.44. The van der Waals surface area contributed by atoms with Crippen molar-refractivity contribution in [3.05, 3.63) is 21.4 Å². The van der Waals surface area contributed by atoms with Crippen molar-refractivity contribution in [2.24, 2.45) is 0 Å². The highest BCUT2D eigenvalue weighted by Gasteiger charge is 2.22. The zero-order chi connectivity index (χ0) is 13.8.